The van der Waals surface area contributed by atoms with Gasteiger partial charge in [0.25, 0.3) is 0 Å². The highest BCUT2D eigenvalue weighted by atomic mass is 32.2. The number of rotatable bonds is 4. The Balaban J connectivity index is 2.62. The second-order valence-electron chi connectivity index (χ2n) is 4.70. The molecule has 1 saturated heterocycles. The number of sulfonamides is 1. The van der Waals surface area contributed by atoms with Crippen LogP contribution in [0.1, 0.15) is 20.3 Å². The summed E-state index contributed by atoms with van der Waals surface area (Å²) in [5.41, 5.74) is 5.80. The molecule has 6 heteroatoms. The topological polar surface area (TPSA) is 66.6 Å². The summed E-state index contributed by atoms with van der Waals surface area (Å²) in [4.78, 5) is 2.30. The maximum absolute atomic E-state index is 11.4. The maximum atomic E-state index is 11.4. The first-order valence-corrected chi connectivity index (χ1v) is 7.58. The predicted octanol–water partition coefficient (Wildman–Crippen LogP) is -0.309. The highest BCUT2D eigenvalue weighted by Gasteiger charge is 2.33. The van der Waals surface area contributed by atoms with Crippen molar-refractivity contribution < 1.29 is 8.42 Å². The average molecular weight is 249 g/mol. The van der Waals surface area contributed by atoms with Crippen molar-refractivity contribution in [1.29, 1.82) is 0 Å². The van der Waals surface area contributed by atoms with Crippen LogP contribution in [0.3, 0.4) is 0 Å². The first kappa shape index (κ1) is 13.9. The van der Waals surface area contributed by atoms with E-state index < -0.39 is 10.0 Å². The van der Waals surface area contributed by atoms with E-state index in [1.54, 1.807) is 0 Å². The van der Waals surface area contributed by atoms with Gasteiger partial charge in [-0.15, -0.1) is 0 Å². The largest absolute Gasteiger partial charge is 0.329 e. The molecule has 0 aromatic rings. The molecular weight excluding hydrogens is 226 g/mol. The summed E-state index contributed by atoms with van der Waals surface area (Å²) in [5, 5.41) is 0. The molecule has 0 aromatic carbocycles. The number of hydrogen-bond acceptors (Lipinski definition) is 4. The second kappa shape index (κ2) is 5.00. The molecule has 1 unspecified atom stereocenters. The standard InChI is InChI=1S/C10H23N3O2S/c1-4-10(2,9-11)12-5-7-13(8-6-12)16(3,14)15/h4-9,11H2,1-3H3. The minimum atomic E-state index is -3.03. The average Bonchev–Trinajstić information content (AvgIpc) is 2.27. The monoisotopic (exact) mass is 249 g/mol. The molecule has 1 heterocycles. The van der Waals surface area contributed by atoms with Crippen LogP contribution in [-0.4, -0.2) is 62.1 Å². The van der Waals surface area contributed by atoms with Gasteiger partial charge in [-0.2, -0.15) is 4.31 Å². The highest BCUT2D eigenvalue weighted by Crippen LogP contribution is 2.20. The van der Waals surface area contributed by atoms with Gasteiger partial charge in [-0.1, -0.05) is 6.92 Å². The van der Waals surface area contributed by atoms with E-state index in [2.05, 4.69) is 18.7 Å². The van der Waals surface area contributed by atoms with Crippen LogP contribution in [0, 0.1) is 0 Å². The molecule has 1 aliphatic heterocycles. The minimum Gasteiger partial charge on any atom is -0.329 e. The summed E-state index contributed by atoms with van der Waals surface area (Å²) in [7, 11) is -3.03. The van der Waals surface area contributed by atoms with Gasteiger partial charge in [0.2, 0.25) is 10.0 Å². The summed E-state index contributed by atoms with van der Waals surface area (Å²) < 4.78 is 24.3. The molecule has 1 rings (SSSR count). The van der Waals surface area contributed by atoms with Crippen LogP contribution >= 0.6 is 0 Å². The molecule has 0 saturated carbocycles. The van der Waals surface area contributed by atoms with Crippen molar-refractivity contribution in [3.05, 3.63) is 0 Å². The van der Waals surface area contributed by atoms with Crippen LogP contribution in [0.4, 0.5) is 0 Å². The van der Waals surface area contributed by atoms with Crippen molar-refractivity contribution in [2.75, 3.05) is 39.0 Å². The lowest BCUT2D eigenvalue weighted by molar-refractivity contribution is 0.0691. The smallest absolute Gasteiger partial charge is 0.211 e. The SMILES string of the molecule is CCC(C)(CN)N1CCN(S(C)(=O)=O)CC1. The van der Waals surface area contributed by atoms with Gasteiger partial charge < -0.3 is 5.73 Å². The number of piperazine rings is 1. The van der Waals surface area contributed by atoms with Crippen LogP contribution in [0.15, 0.2) is 0 Å². The Kier molecular flexibility index (Phi) is 4.34. The van der Waals surface area contributed by atoms with Gasteiger partial charge in [0.05, 0.1) is 6.26 Å². The molecule has 0 spiro atoms. The molecule has 2 N–H and O–H groups in total. The summed E-state index contributed by atoms with van der Waals surface area (Å²) in [6.45, 7) is 7.58. The molecule has 96 valence electrons. The lowest BCUT2D eigenvalue weighted by atomic mass is 9.96. The fourth-order valence-electron chi connectivity index (χ4n) is 2.06. The lowest BCUT2D eigenvalue weighted by Gasteiger charge is -2.44. The lowest BCUT2D eigenvalue weighted by Crippen LogP contribution is -2.59. The molecule has 1 fully saturated rings. The second-order valence-corrected chi connectivity index (χ2v) is 6.69. The summed E-state index contributed by atoms with van der Waals surface area (Å²) in [6.07, 6.45) is 2.26. The molecule has 5 nitrogen and oxygen atoms in total. The Morgan fingerprint density at radius 2 is 1.75 bits per heavy atom. The molecule has 0 amide bonds. The third kappa shape index (κ3) is 2.94. The third-order valence-electron chi connectivity index (χ3n) is 3.67. The normalized spacial score (nSPS) is 24.2. The predicted molar refractivity (Wildman–Crippen MR) is 65.7 cm³/mol. The van der Waals surface area contributed by atoms with Gasteiger partial charge in [-0.3, -0.25) is 4.90 Å². The van der Waals surface area contributed by atoms with Gasteiger partial charge in [0.1, 0.15) is 0 Å². The highest BCUT2D eigenvalue weighted by molar-refractivity contribution is 7.88. The van der Waals surface area contributed by atoms with Crippen LogP contribution in [-0.2, 0) is 10.0 Å². The maximum Gasteiger partial charge on any atom is 0.211 e. The molecule has 16 heavy (non-hydrogen) atoms. The van der Waals surface area contributed by atoms with Crippen molar-refractivity contribution in [3.8, 4) is 0 Å². The van der Waals surface area contributed by atoms with E-state index >= 15 is 0 Å². The molecular formula is C10H23N3O2S. The van der Waals surface area contributed by atoms with E-state index in [1.165, 1.54) is 10.6 Å². The summed E-state index contributed by atoms with van der Waals surface area (Å²) in [5.74, 6) is 0. The molecule has 0 radical (unpaired) electrons. The fourth-order valence-corrected chi connectivity index (χ4v) is 2.88. The first-order valence-electron chi connectivity index (χ1n) is 5.74. The van der Waals surface area contributed by atoms with Crippen LogP contribution in [0.25, 0.3) is 0 Å². The van der Waals surface area contributed by atoms with Crippen molar-refractivity contribution in [2.45, 2.75) is 25.8 Å². The van der Waals surface area contributed by atoms with Gasteiger partial charge in [0.15, 0.2) is 0 Å². The Morgan fingerprint density at radius 1 is 1.25 bits per heavy atom. The molecule has 0 bridgehead atoms. The zero-order valence-electron chi connectivity index (χ0n) is 10.4. The Labute approximate surface area is 98.6 Å². The summed E-state index contributed by atoms with van der Waals surface area (Å²) >= 11 is 0. The van der Waals surface area contributed by atoms with E-state index in [-0.39, 0.29) is 5.54 Å². The third-order valence-corrected chi connectivity index (χ3v) is 4.98. The van der Waals surface area contributed by atoms with E-state index in [4.69, 9.17) is 5.73 Å². The molecule has 1 aliphatic rings. The number of nitrogens with zero attached hydrogens (tertiary/aromatic N) is 2. The Morgan fingerprint density at radius 3 is 2.06 bits per heavy atom. The van der Waals surface area contributed by atoms with E-state index in [0.717, 1.165) is 19.5 Å². The Hall–Kier alpha value is -0.170. The van der Waals surface area contributed by atoms with Gasteiger partial charge in [0, 0.05) is 38.3 Å². The van der Waals surface area contributed by atoms with Gasteiger partial charge >= 0.3 is 0 Å². The van der Waals surface area contributed by atoms with Gasteiger partial charge in [-0.25, -0.2) is 8.42 Å². The van der Waals surface area contributed by atoms with Crippen molar-refractivity contribution in [2.24, 2.45) is 5.73 Å². The zero-order chi connectivity index (χ0) is 12.4. The van der Waals surface area contributed by atoms with E-state index in [1.807, 2.05) is 0 Å². The van der Waals surface area contributed by atoms with Crippen LogP contribution in [0.2, 0.25) is 0 Å². The first-order chi connectivity index (χ1) is 7.33. The fraction of sp³-hybridized carbons (Fsp3) is 1.00. The Bertz CT molecular complexity index is 317. The summed E-state index contributed by atoms with van der Waals surface area (Å²) in [6, 6.07) is 0. The number of hydrogen-bond donors (Lipinski definition) is 1. The molecule has 0 aliphatic carbocycles. The molecule has 0 aromatic heterocycles. The van der Waals surface area contributed by atoms with Crippen molar-refractivity contribution in [1.82, 2.24) is 9.21 Å². The molecule has 1 atom stereocenters. The van der Waals surface area contributed by atoms with Crippen LogP contribution < -0.4 is 5.73 Å². The zero-order valence-corrected chi connectivity index (χ0v) is 11.3. The minimum absolute atomic E-state index is 0.00356. The number of nitrogens with two attached hydrogens (primary N) is 1. The quantitative estimate of drug-likeness (QED) is 0.742. The van der Waals surface area contributed by atoms with E-state index in [0.29, 0.717) is 19.6 Å². The van der Waals surface area contributed by atoms with Crippen molar-refractivity contribution in [3.63, 3.8) is 0 Å². The van der Waals surface area contributed by atoms with Crippen LogP contribution in [0.5, 0.6) is 0 Å². The van der Waals surface area contributed by atoms with E-state index in [9.17, 15) is 8.42 Å². The van der Waals surface area contributed by atoms with Crippen molar-refractivity contribution >= 4 is 10.0 Å². The van der Waals surface area contributed by atoms with Gasteiger partial charge in [-0.05, 0) is 13.3 Å².